The van der Waals surface area contributed by atoms with Crippen molar-refractivity contribution in [1.82, 2.24) is 20.4 Å². The quantitative estimate of drug-likeness (QED) is 0.671. The number of benzene rings is 1. The molecule has 26 heavy (non-hydrogen) atoms. The molecule has 0 saturated heterocycles. The number of pyridine rings is 1. The second-order valence-electron chi connectivity index (χ2n) is 5.41. The molecule has 0 fully saturated rings. The lowest BCUT2D eigenvalue weighted by Gasteiger charge is -2.13. The van der Waals surface area contributed by atoms with E-state index < -0.39 is 17.8 Å². The van der Waals surface area contributed by atoms with Crippen LogP contribution < -0.4 is 10.1 Å². The predicted molar refractivity (Wildman–Crippen MR) is 93.3 cm³/mol. The van der Waals surface area contributed by atoms with Crippen molar-refractivity contribution >= 4 is 21.8 Å². The van der Waals surface area contributed by atoms with E-state index in [4.69, 9.17) is 9.26 Å². The number of aromatic nitrogens is 3. The fourth-order valence-corrected chi connectivity index (χ4v) is 2.56. The molecule has 7 nitrogen and oxygen atoms in total. The van der Waals surface area contributed by atoms with Gasteiger partial charge in [-0.05, 0) is 60.1 Å². The molecule has 0 unspecified atom stereocenters. The van der Waals surface area contributed by atoms with Crippen LogP contribution in [0.5, 0.6) is 11.6 Å². The molecule has 0 aliphatic rings. The zero-order chi connectivity index (χ0) is 18.7. The fourth-order valence-electron chi connectivity index (χ4n) is 2.13. The van der Waals surface area contributed by atoms with Crippen LogP contribution in [0.15, 0.2) is 45.5 Å². The zero-order valence-electron chi connectivity index (χ0n) is 13.9. The van der Waals surface area contributed by atoms with Crippen LogP contribution in [-0.4, -0.2) is 21.0 Å². The number of hydrogen-bond acceptors (Lipinski definition) is 6. The Balaban J connectivity index is 1.81. The topological polar surface area (TPSA) is 90.1 Å². The van der Waals surface area contributed by atoms with Gasteiger partial charge >= 0.3 is 0 Å². The van der Waals surface area contributed by atoms with E-state index in [0.717, 1.165) is 0 Å². The third-order valence-corrected chi connectivity index (χ3v) is 4.00. The van der Waals surface area contributed by atoms with Gasteiger partial charge in [-0.2, -0.15) is 4.98 Å². The van der Waals surface area contributed by atoms with Crippen molar-refractivity contribution < 1.29 is 18.4 Å². The minimum atomic E-state index is -0.491. The maximum Gasteiger partial charge on any atom is 0.257 e. The van der Waals surface area contributed by atoms with Gasteiger partial charge in [-0.3, -0.25) is 4.79 Å². The molecule has 1 aromatic carbocycles. The summed E-state index contributed by atoms with van der Waals surface area (Å²) in [5.74, 6) is 0.365. The van der Waals surface area contributed by atoms with Gasteiger partial charge in [0.25, 0.3) is 5.91 Å². The first-order valence-electron chi connectivity index (χ1n) is 7.63. The Morgan fingerprint density at radius 3 is 2.88 bits per heavy atom. The lowest BCUT2D eigenvalue weighted by atomic mass is 10.2. The van der Waals surface area contributed by atoms with Crippen LogP contribution in [0.25, 0.3) is 0 Å². The second-order valence-corrected chi connectivity index (χ2v) is 6.26. The van der Waals surface area contributed by atoms with Gasteiger partial charge in [0.05, 0.1) is 4.47 Å². The van der Waals surface area contributed by atoms with Crippen LogP contribution in [0.3, 0.4) is 0 Å². The molecule has 0 saturated carbocycles. The van der Waals surface area contributed by atoms with Crippen LogP contribution in [-0.2, 0) is 0 Å². The summed E-state index contributed by atoms with van der Waals surface area (Å²) in [4.78, 5) is 20.8. The fraction of sp³-hybridized carbons (Fsp3) is 0.176. The number of carbonyl (C=O) groups excluding carboxylic acids is 1. The standard InChI is InChI=1S/C17H14BrFN4O3/c1-9(16-22-10(2)23-26-16)21-15(24)12-4-3-7-20-17(12)25-14-6-5-11(19)8-13(14)18/h3-9H,1-2H3,(H,21,24)/t9-/m0/s1. The Hall–Kier alpha value is -2.81. The van der Waals surface area contributed by atoms with E-state index in [1.165, 1.54) is 24.4 Å². The van der Waals surface area contributed by atoms with Crippen molar-refractivity contribution in [3.63, 3.8) is 0 Å². The van der Waals surface area contributed by atoms with Crippen molar-refractivity contribution in [3.8, 4) is 11.6 Å². The van der Waals surface area contributed by atoms with Crippen LogP contribution in [0, 0.1) is 12.7 Å². The summed E-state index contributed by atoms with van der Waals surface area (Å²) < 4.78 is 24.3. The number of carbonyl (C=O) groups is 1. The normalized spacial score (nSPS) is 11.8. The van der Waals surface area contributed by atoms with Crippen molar-refractivity contribution in [3.05, 3.63) is 64.1 Å². The van der Waals surface area contributed by atoms with Crippen molar-refractivity contribution in [2.24, 2.45) is 0 Å². The van der Waals surface area contributed by atoms with Gasteiger partial charge in [0.1, 0.15) is 23.2 Å². The van der Waals surface area contributed by atoms with Crippen LogP contribution in [0.1, 0.15) is 35.0 Å². The number of hydrogen-bond donors (Lipinski definition) is 1. The average Bonchev–Trinajstić information content (AvgIpc) is 3.04. The molecule has 3 rings (SSSR count). The minimum Gasteiger partial charge on any atom is -0.437 e. The van der Waals surface area contributed by atoms with Crippen molar-refractivity contribution in [2.45, 2.75) is 19.9 Å². The summed E-state index contributed by atoms with van der Waals surface area (Å²) in [6, 6.07) is 6.65. The highest BCUT2D eigenvalue weighted by atomic mass is 79.9. The molecule has 9 heteroatoms. The van der Waals surface area contributed by atoms with E-state index in [1.54, 1.807) is 26.0 Å². The Morgan fingerprint density at radius 2 is 2.19 bits per heavy atom. The Labute approximate surface area is 156 Å². The summed E-state index contributed by atoms with van der Waals surface area (Å²) in [5.41, 5.74) is 0.215. The Kier molecular flexibility index (Phi) is 5.27. The highest BCUT2D eigenvalue weighted by molar-refractivity contribution is 9.10. The molecular weight excluding hydrogens is 407 g/mol. The highest BCUT2D eigenvalue weighted by Crippen LogP contribution is 2.31. The first kappa shape index (κ1) is 18.0. The largest absolute Gasteiger partial charge is 0.437 e. The van der Waals surface area contributed by atoms with Gasteiger partial charge in [0.2, 0.25) is 11.8 Å². The van der Waals surface area contributed by atoms with Crippen LogP contribution in [0.2, 0.25) is 0 Å². The second kappa shape index (κ2) is 7.61. The molecule has 0 aliphatic carbocycles. The van der Waals surface area contributed by atoms with E-state index in [0.29, 0.717) is 21.9 Å². The first-order chi connectivity index (χ1) is 12.4. The molecule has 1 N–H and O–H groups in total. The van der Waals surface area contributed by atoms with Crippen LogP contribution in [0.4, 0.5) is 4.39 Å². The molecule has 1 atom stereocenters. The maximum absolute atomic E-state index is 13.2. The molecule has 0 bridgehead atoms. The molecule has 0 radical (unpaired) electrons. The lowest BCUT2D eigenvalue weighted by Crippen LogP contribution is -2.27. The maximum atomic E-state index is 13.2. The van der Waals surface area contributed by atoms with Gasteiger partial charge in [0.15, 0.2) is 5.82 Å². The summed E-state index contributed by atoms with van der Waals surface area (Å²) in [5, 5.41) is 6.45. The summed E-state index contributed by atoms with van der Waals surface area (Å²) >= 11 is 3.22. The number of halogens is 2. The monoisotopic (exact) mass is 420 g/mol. The van der Waals surface area contributed by atoms with Gasteiger partial charge in [-0.25, -0.2) is 9.37 Å². The summed E-state index contributed by atoms with van der Waals surface area (Å²) in [7, 11) is 0. The molecule has 3 aromatic rings. The number of rotatable bonds is 5. The molecule has 2 heterocycles. The van der Waals surface area contributed by atoms with Crippen molar-refractivity contribution in [1.29, 1.82) is 0 Å². The van der Waals surface area contributed by atoms with Crippen LogP contribution >= 0.6 is 15.9 Å². The number of nitrogens with zero attached hydrogens (tertiary/aromatic N) is 3. The molecule has 2 aromatic heterocycles. The number of nitrogens with one attached hydrogen (secondary N) is 1. The molecular formula is C17H14BrFN4O3. The average molecular weight is 421 g/mol. The summed E-state index contributed by atoms with van der Waals surface area (Å²) in [6.07, 6.45) is 1.49. The SMILES string of the molecule is Cc1noc([C@H](C)NC(=O)c2cccnc2Oc2ccc(F)cc2Br)n1. The van der Waals surface area contributed by atoms with E-state index in [9.17, 15) is 9.18 Å². The first-order valence-corrected chi connectivity index (χ1v) is 8.42. The molecule has 134 valence electrons. The van der Waals surface area contributed by atoms with E-state index >= 15 is 0 Å². The van der Waals surface area contributed by atoms with Crippen molar-refractivity contribution in [2.75, 3.05) is 0 Å². The van der Waals surface area contributed by atoms with Gasteiger partial charge < -0.3 is 14.6 Å². The van der Waals surface area contributed by atoms with Gasteiger partial charge in [-0.15, -0.1) is 0 Å². The number of ether oxygens (including phenoxy) is 1. The summed E-state index contributed by atoms with van der Waals surface area (Å²) in [6.45, 7) is 3.41. The van der Waals surface area contributed by atoms with E-state index in [-0.39, 0.29) is 11.4 Å². The zero-order valence-corrected chi connectivity index (χ0v) is 15.4. The smallest absolute Gasteiger partial charge is 0.257 e. The highest BCUT2D eigenvalue weighted by Gasteiger charge is 2.20. The Bertz CT molecular complexity index is 947. The van der Waals surface area contributed by atoms with Gasteiger partial charge in [-0.1, -0.05) is 5.16 Å². The lowest BCUT2D eigenvalue weighted by molar-refractivity contribution is 0.0929. The third-order valence-electron chi connectivity index (χ3n) is 3.38. The number of aryl methyl sites for hydroxylation is 1. The minimum absolute atomic E-state index is 0.0891. The Morgan fingerprint density at radius 1 is 1.38 bits per heavy atom. The van der Waals surface area contributed by atoms with E-state index in [1.807, 2.05) is 0 Å². The predicted octanol–water partition coefficient (Wildman–Crippen LogP) is 3.96. The third kappa shape index (κ3) is 4.05. The molecule has 1 amide bonds. The van der Waals surface area contributed by atoms with Gasteiger partial charge in [0, 0.05) is 6.20 Å². The van der Waals surface area contributed by atoms with E-state index in [2.05, 4.69) is 36.4 Å². The number of amides is 1. The molecule has 0 spiro atoms. The molecule has 0 aliphatic heterocycles.